The van der Waals surface area contributed by atoms with Crippen molar-refractivity contribution >= 4 is 38.3 Å². The predicted molar refractivity (Wildman–Crippen MR) is 146 cm³/mol. The van der Waals surface area contributed by atoms with E-state index in [1.54, 1.807) is 42.7 Å². The van der Waals surface area contributed by atoms with Crippen molar-refractivity contribution in [2.24, 2.45) is 0 Å². The second-order valence-electron chi connectivity index (χ2n) is 10.3. The Labute approximate surface area is 224 Å². The molecule has 5 rings (SSSR count). The number of benzene rings is 2. The normalized spacial score (nSPS) is 20.0. The van der Waals surface area contributed by atoms with Crippen molar-refractivity contribution in [1.82, 2.24) is 19.1 Å². The van der Waals surface area contributed by atoms with Gasteiger partial charge in [0.15, 0.2) is 0 Å². The summed E-state index contributed by atoms with van der Waals surface area (Å²) in [6.45, 7) is 6.96. The summed E-state index contributed by atoms with van der Waals surface area (Å²) < 4.78 is 29.5. The fourth-order valence-corrected chi connectivity index (χ4v) is 7.37. The molecule has 0 saturated carbocycles. The molecule has 3 heterocycles. The number of rotatable bonds is 7. The molecule has 1 unspecified atom stereocenters. The number of piperidine rings is 1. The third-order valence-corrected chi connectivity index (χ3v) is 9.76. The Hall–Kier alpha value is -2.52. The summed E-state index contributed by atoms with van der Waals surface area (Å²) in [5, 5.41) is 2.24. The number of hydrogen-bond donors (Lipinski definition) is 0. The molecule has 1 atom stereocenters. The monoisotopic (exact) mass is 540 g/mol. The molecule has 2 aliphatic heterocycles. The van der Waals surface area contributed by atoms with E-state index < -0.39 is 16.1 Å². The molecule has 3 aromatic rings. The van der Waals surface area contributed by atoms with Crippen LogP contribution < -0.4 is 0 Å². The quantitative estimate of drug-likeness (QED) is 0.439. The Morgan fingerprint density at radius 2 is 1.76 bits per heavy atom. The van der Waals surface area contributed by atoms with Crippen LogP contribution in [0.15, 0.2) is 65.8 Å². The van der Waals surface area contributed by atoms with Gasteiger partial charge in [0.05, 0.1) is 4.90 Å². The van der Waals surface area contributed by atoms with Gasteiger partial charge in [-0.25, -0.2) is 8.42 Å². The average molecular weight is 541 g/mol. The van der Waals surface area contributed by atoms with Gasteiger partial charge in [0, 0.05) is 55.7 Å². The maximum Gasteiger partial charge on any atom is 0.244 e. The fraction of sp³-hybridized carbons (Fsp3) is 0.429. The van der Waals surface area contributed by atoms with Gasteiger partial charge in [0.2, 0.25) is 15.9 Å². The van der Waals surface area contributed by atoms with E-state index in [4.69, 9.17) is 11.6 Å². The van der Waals surface area contributed by atoms with Gasteiger partial charge in [-0.15, -0.1) is 0 Å². The predicted octanol–water partition coefficient (Wildman–Crippen LogP) is 4.55. The SMILES string of the molecule is CC(C)N1CCC(N2CCC(N(Cc3cccnc3)S(=O)(=O)c3ccc4cc(Cl)ccc4c3)C2=O)CC1. The van der Waals surface area contributed by atoms with E-state index in [9.17, 15) is 13.2 Å². The molecule has 37 heavy (non-hydrogen) atoms. The molecule has 1 amide bonds. The zero-order valence-electron chi connectivity index (χ0n) is 21.3. The number of amides is 1. The summed E-state index contributed by atoms with van der Waals surface area (Å²) in [4.78, 5) is 22.4. The lowest BCUT2D eigenvalue weighted by atomic mass is 10.0. The van der Waals surface area contributed by atoms with Crippen LogP contribution in [0.4, 0.5) is 0 Å². The van der Waals surface area contributed by atoms with E-state index in [0.29, 0.717) is 24.0 Å². The average Bonchev–Trinajstić information content (AvgIpc) is 3.28. The number of pyridine rings is 1. The third-order valence-electron chi connectivity index (χ3n) is 7.67. The number of aromatic nitrogens is 1. The summed E-state index contributed by atoms with van der Waals surface area (Å²) in [7, 11) is -3.97. The highest BCUT2D eigenvalue weighted by Gasteiger charge is 2.44. The number of nitrogens with zero attached hydrogens (tertiary/aromatic N) is 4. The van der Waals surface area contributed by atoms with Crippen LogP contribution in [0.25, 0.3) is 10.8 Å². The Kier molecular flexibility index (Phi) is 7.54. The minimum Gasteiger partial charge on any atom is -0.338 e. The lowest BCUT2D eigenvalue weighted by Gasteiger charge is -2.38. The van der Waals surface area contributed by atoms with Crippen molar-refractivity contribution in [3.8, 4) is 0 Å². The van der Waals surface area contributed by atoms with E-state index in [-0.39, 0.29) is 23.4 Å². The van der Waals surface area contributed by atoms with Crippen molar-refractivity contribution in [2.45, 2.75) is 62.7 Å². The first kappa shape index (κ1) is 26.1. The van der Waals surface area contributed by atoms with Gasteiger partial charge in [-0.1, -0.05) is 29.8 Å². The molecular formula is C28H33ClN4O3S. The molecule has 196 valence electrons. The topological polar surface area (TPSA) is 73.8 Å². The van der Waals surface area contributed by atoms with E-state index in [1.807, 2.05) is 23.1 Å². The van der Waals surface area contributed by atoms with Crippen LogP contribution in [0.3, 0.4) is 0 Å². The minimum absolute atomic E-state index is 0.0882. The minimum atomic E-state index is -3.97. The molecule has 9 heteroatoms. The van der Waals surface area contributed by atoms with Crippen molar-refractivity contribution in [3.05, 3.63) is 71.5 Å². The van der Waals surface area contributed by atoms with E-state index in [0.717, 1.165) is 42.3 Å². The molecular weight excluding hydrogens is 508 g/mol. The number of carbonyl (C=O) groups excluding carboxylic acids is 1. The molecule has 2 fully saturated rings. The van der Waals surface area contributed by atoms with Crippen LogP contribution in [0.1, 0.15) is 38.7 Å². The number of likely N-dealkylation sites (tertiary alicyclic amines) is 2. The van der Waals surface area contributed by atoms with Crippen molar-refractivity contribution in [3.63, 3.8) is 0 Å². The highest BCUT2D eigenvalue weighted by molar-refractivity contribution is 7.89. The molecule has 0 bridgehead atoms. The van der Waals surface area contributed by atoms with Gasteiger partial charge in [-0.05, 0) is 79.8 Å². The molecule has 0 aliphatic carbocycles. The van der Waals surface area contributed by atoms with Crippen LogP contribution >= 0.6 is 11.6 Å². The van der Waals surface area contributed by atoms with E-state index >= 15 is 0 Å². The Balaban J connectivity index is 1.44. The van der Waals surface area contributed by atoms with E-state index in [2.05, 4.69) is 23.7 Å². The fourth-order valence-electron chi connectivity index (χ4n) is 5.55. The molecule has 0 radical (unpaired) electrons. The zero-order valence-corrected chi connectivity index (χ0v) is 22.8. The second kappa shape index (κ2) is 10.7. The molecule has 1 aromatic heterocycles. The Bertz CT molecular complexity index is 1370. The standard InChI is InChI=1S/C28H33ClN4O3S/c1-20(2)31-13-9-25(10-14-31)32-15-11-27(28(32)34)33(19-21-4-3-12-30-18-21)37(35,36)26-8-6-22-16-24(29)7-5-23(22)17-26/h3-8,12,16-18,20,25,27H,9-11,13-15,19H2,1-2H3. The lowest BCUT2D eigenvalue weighted by Crippen LogP contribution is -2.50. The van der Waals surface area contributed by atoms with Gasteiger partial charge in [-0.2, -0.15) is 4.31 Å². The molecule has 0 spiro atoms. The van der Waals surface area contributed by atoms with Crippen LogP contribution in [0, 0.1) is 0 Å². The number of carbonyl (C=O) groups is 1. The smallest absolute Gasteiger partial charge is 0.244 e. The van der Waals surface area contributed by atoms with Gasteiger partial charge in [0.25, 0.3) is 0 Å². The molecule has 7 nitrogen and oxygen atoms in total. The highest BCUT2D eigenvalue weighted by Crippen LogP contribution is 2.31. The maximum absolute atomic E-state index is 14.1. The maximum atomic E-state index is 14.1. The highest BCUT2D eigenvalue weighted by atomic mass is 35.5. The second-order valence-corrected chi connectivity index (χ2v) is 12.6. The molecule has 2 aromatic carbocycles. The van der Waals surface area contributed by atoms with Crippen molar-refractivity contribution < 1.29 is 13.2 Å². The third kappa shape index (κ3) is 5.39. The number of sulfonamides is 1. The summed E-state index contributed by atoms with van der Waals surface area (Å²) in [5.74, 6) is -0.0944. The summed E-state index contributed by atoms with van der Waals surface area (Å²) >= 11 is 6.12. The zero-order chi connectivity index (χ0) is 26.2. The van der Waals surface area contributed by atoms with Gasteiger partial charge < -0.3 is 9.80 Å². The molecule has 2 aliphatic rings. The first-order valence-corrected chi connectivity index (χ1v) is 14.7. The number of hydrogen-bond acceptors (Lipinski definition) is 5. The first-order chi connectivity index (χ1) is 17.7. The lowest BCUT2D eigenvalue weighted by molar-refractivity contribution is -0.133. The van der Waals surface area contributed by atoms with Gasteiger partial charge in [-0.3, -0.25) is 9.78 Å². The summed E-state index contributed by atoms with van der Waals surface area (Å²) in [6.07, 6.45) is 5.62. The first-order valence-electron chi connectivity index (χ1n) is 12.9. The van der Waals surface area contributed by atoms with Crippen LogP contribution in [0.5, 0.6) is 0 Å². The molecule has 0 N–H and O–H groups in total. The molecule has 2 saturated heterocycles. The van der Waals surface area contributed by atoms with Crippen LogP contribution in [-0.4, -0.2) is 71.2 Å². The summed E-state index contributed by atoms with van der Waals surface area (Å²) in [6, 6.07) is 13.9. The van der Waals surface area contributed by atoms with Gasteiger partial charge >= 0.3 is 0 Å². The van der Waals surface area contributed by atoms with Crippen molar-refractivity contribution in [2.75, 3.05) is 19.6 Å². The summed E-state index contributed by atoms with van der Waals surface area (Å²) in [5.41, 5.74) is 0.745. The number of halogens is 1. The largest absolute Gasteiger partial charge is 0.338 e. The van der Waals surface area contributed by atoms with Gasteiger partial charge in [0.1, 0.15) is 6.04 Å². The Morgan fingerprint density at radius 1 is 1.03 bits per heavy atom. The van der Waals surface area contributed by atoms with Crippen LogP contribution in [-0.2, 0) is 21.4 Å². The van der Waals surface area contributed by atoms with Crippen molar-refractivity contribution in [1.29, 1.82) is 0 Å². The number of fused-ring (bicyclic) bond motifs is 1. The van der Waals surface area contributed by atoms with Crippen LogP contribution in [0.2, 0.25) is 5.02 Å². The van der Waals surface area contributed by atoms with E-state index in [1.165, 1.54) is 4.31 Å². The Morgan fingerprint density at radius 3 is 2.46 bits per heavy atom.